The molecule has 0 saturated heterocycles. The van der Waals surface area contributed by atoms with E-state index in [-0.39, 0.29) is 12.4 Å². The zero-order valence-electron chi connectivity index (χ0n) is 14.8. The highest BCUT2D eigenvalue weighted by Crippen LogP contribution is 2.28. The average molecular weight is 368 g/mol. The zero-order chi connectivity index (χ0) is 19.1. The molecule has 1 saturated carbocycles. The fourth-order valence-corrected chi connectivity index (χ4v) is 2.98. The highest BCUT2D eigenvalue weighted by Gasteiger charge is 2.35. The van der Waals surface area contributed by atoms with Crippen molar-refractivity contribution in [2.45, 2.75) is 37.8 Å². The Labute approximate surface area is 156 Å². The standard InChI is InChI=1S/C20H20N2O5/c21-14-20(10-4-5-11-20)22-18(23)13-26-19(24)17-9-8-16(27-17)12-25-15-6-2-1-3-7-15/h1-3,6-9H,4-5,10-13H2,(H,22,23). The minimum Gasteiger partial charge on any atom is -0.486 e. The van der Waals surface area contributed by atoms with Crippen molar-refractivity contribution in [2.75, 3.05) is 6.61 Å². The number of nitrogens with one attached hydrogen (secondary N) is 1. The van der Waals surface area contributed by atoms with Crippen LogP contribution < -0.4 is 10.1 Å². The number of esters is 1. The summed E-state index contributed by atoms with van der Waals surface area (Å²) in [5.41, 5.74) is -0.837. The predicted octanol–water partition coefficient (Wildman–Crippen LogP) is 2.97. The minimum atomic E-state index is -0.837. The van der Waals surface area contributed by atoms with E-state index < -0.39 is 24.0 Å². The lowest BCUT2D eigenvalue weighted by Gasteiger charge is -2.21. The molecular weight excluding hydrogens is 348 g/mol. The van der Waals surface area contributed by atoms with Crippen molar-refractivity contribution in [3.05, 3.63) is 54.0 Å². The van der Waals surface area contributed by atoms with Crippen LogP contribution in [0.15, 0.2) is 46.9 Å². The van der Waals surface area contributed by atoms with Crippen molar-refractivity contribution >= 4 is 11.9 Å². The summed E-state index contributed by atoms with van der Waals surface area (Å²) in [7, 11) is 0. The molecule has 7 heteroatoms. The molecule has 3 rings (SSSR count). The van der Waals surface area contributed by atoms with Crippen molar-refractivity contribution in [2.24, 2.45) is 0 Å². The van der Waals surface area contributed by atoms with Crippen LogP contribution in [0.2, 0.25) is 0 Å². The minimum absolute atomic E-state index is 0.00896. The van der Waals surface area contributed by atoms with E-state index >= 15 is 0 Å². The molecule has 1 heterocycles. The number of para-hydroxylation sites is 1. The summed E-state index contributed by atoms with van der Waals surface area (Å²) in [6, 6.07) is 14.5. The number of hydrogen-bond donors (Lipinski definition) is 1. The van der Waals surface area contributed by atoms with Gasteiger partial charge >= 0.3 is 5.97 Å². The highest BCUT2D eigenvalue weighted by atomic mass is 16.6. The first kappa shape index (κ1) is 18.5. The van der Waals surface area contributed by atoms with Gasteiger partial charge in [-0.3, -0.25) is 4.79 Å². The molecule has 0 spiro atoms. The Morgan fingerprint density at radius 3 is 2.59 bits per heavy atom. The molecule has 140 valence electrons. The number of carbonyl (C=O) groups excluding carboxylic acids is 2. The summed E-state index contributed by atoms with van der Waals surface area (Å²) < 4.78 is 15.9. The van der Waals surface area contributed by atoms with E-state index in [1.807, 2.05) is 30.3 Å². The van der Waals surface area contributed by atoms with E-state index in [0.717, 1.165) is 12.8 Å². The van der Waals surface area contributed by atoms with Crippen molar-refractivity contribution in [3.63, 3.8) is 0 Å². The smallest absolute Gasteiger partial charge is 0.374 e. The third kappa shape index (κ3) is 4.88. The molecule has 0 atom stereocenters. The second-order valence-electron chi connectivity index (χ2n) is 6.39. The maximum absolute atomic E-state index is 12.0. The molecule has 7 nitrogen and oxygen atoms in total. The molecule has 1 fully saturated rings. The maximum Gasteiger partial charge on any atom is 0.374 e. The lowest BCUT2D eigenvalue weighted by Crippen LogP contribution is -2.46. The van der Waals surface area contributed by atoms with Gasteiger partial charge in [0.25, 0.3) is 5.91 Å². The van der Waals surface area contributed by atoms with Crippen LogP contribution in [-0.4, -0.2) is 24.0 Å². The number of hydrogen-bond acceptors (Lipinski definition) is 6. The number of furan rings is 1. The first-order valence-corrected chi connectivity index (χ1v) is 8.76. The lowest BCUT2D eigenvalue weighted by atomic mass is 10.00. The predicted molar refractivity (Wildman–Crippen MR) is 94.7 cm³/mol. The fourth-order valence-electron chi connectivity index (χ4n) is 2.98. The summed E-state index contributed by atoms with van der Waals surface area (Å²) >= 11 is 0. The van der Waals surface area contributed by atoms with Crippen LogP contribution in [0.25, 0.3) is 0 Å². The van der Waals surface area contributed by atoms with Gasteiger partial charge in [0.15, 0.2) is 6.61 Å². The van der Waals surface area contributed by atoms with Gasteiger partial charge in [-0.1, -0.05) is 18.2 Å². The quantitative estimate of drug-likeness (QED) is 0.754. The van der Waals surface area contributed by atoms with E-state index in [0.29, 0.717) is 24.4 Å². The van der Waals surface area contributed by atoms with Crippen LogP contribution in [0.3, 0.4) is 0 Å². The second-order valence-corrected chi connectivity index (χ2v) is 6.39. The molecular formula is C20H20N2O5. The third-order valence-corrected chi connectivity index (χ3v) is 4.37. The molecule has 1 aromatic carbocycles. The molecule has 1 N–H and O–H groups in total. The van der Waals surface area contributed by atoms with Gasteiger partial charge in [0.05, 0.1) is 6.07 Å². The maximum atomic E-state index is 12.0. The second kappa shape index (κ2) is 8.41. The molecule has 1 amide bonds. The Kier molecular flexibility index (Phi) is 5.77. The van der Waals surface area contributed by atoms with Crippen LogP contribution in [0, 0.1) is 11.3 Å². The molecule has 1 aromatic heterocycles. The number of amides is 1. The van der Waals surface area contributed by atoms with Crippen LogP contribution >= 0.6 is 0 Å². The third-order valence-electron chi connectivity index (χ3n) is 4.37. The summed E-state index contributed by atoms with van der Waals surface area (Å²) in [5, 5.41) is 11.9. The van der Waals surface area contributed by atoms with Gasteiger partial charge in [-0.15, -0.1) is 0 Å². The van der Waals surface area contributed by atoms with Gasteiger partial charge < -0.3 is 19.2 Å². The summed E-state index contributed by atoms with van der Waals surface area (Å²) in [6.45, 7) is -0.290. The first-order chi connectivity index (χ1) is 13.1. The number of nitriles is 1. The van der Waals surface area contributed by atoms with Crippen LogP contribution in [0.1, 0.15) is 42.0 Å². The highest BCUT2D eigenvalue weighted by molar-refractivity contribution is 5.89. The summed E-state index contributed by atoms with van der Waals surface area (Å²) in [4.78, 5) is 24.0. The van der Waals surface area contributed by atoms with Crippen molar-refractivity contribution in [3.8, 4) is 11.8 Å². The largest absolute Gasteiger partial charge is 0.486 e. The van der Waals surface area contributed by atoms with Gasteiger partial charge in [-0.05, 0) is 49.9 Å². The van der Waals surface area contributed by atoms with E-state index in [1.54, 1.807) is 6.07 Å². The van der Waals surface area contributed by atoms with E-state index in [9.17, 15) is 14.9 Å². The molecule has 0 aliphatic heterocycles. The zero-order valence-corrected chi connectivity index (χ0v) is 14.8. The molecule has 2 aromatic rings. The Morgan fingerprint density at radius 2 is 1.89 bits per heavy atom. The SMILES string of the molecule is N#CC1(NC(=O)COC(=O)c2ccc(COc3ccccc3)o2)CCCC1. The molecule has 1 aliphatic carbocycles. The Hall–Kier alpha value is -3.27. The first-order valence-electron chi connectivity index (χ1n) is 8.76. The van der Waals surface area contributed by atoms with E-state index in [4.69, 9.17) is 13.9 Å². The van der Waals surface area contributed by atoms with Crippen LogP contribution in [-0.2, 0) is 16.1 Å². The molecule has 27 heavy (non-hydrogen) atoms. The van der Waals surface area contributed by atoms with Crippen molar-refractivity contribution in [1.29, 1.82) is 5.26 Å². The number of carbonyl (C=O) groups is 2. The molecule has 0 unspecified atom stereocenters. The van der Waals surface area contributed by atoms with Gasteiger partial charge in [0.2, 0.25) is 5.76 Å². The molecule has 1 aliphatic rings. The van der Waals surface area contributed by atoms with Gasteiger partial charge in [0.1, 0.15) is 23.7 Å². The lowest BCUT2D eigenvalue weighted by molar-refractivity contribution is -0.125. The number of benzene rings is 1. The fraction of sp³-hybridized carbons (Fsp3) is 0.350. The van der Waals surface area contributed by atoms with Crippen molar-refractivity contribution < 1.29 is 23.5 Å². The topological polar surface area (TPSA) is 102 Å². The molecule has 0 radical (unpaired) electrons. The Balaban J connectivity index is 1.46. The molecule has 0 bridgehead atoms. The number of rotatable bonds is 7. The van der Waals surface area contributed by atoms with Crippen LogP contribution in [0.5, 0.6) is 5.75 Å². The normalized spacial score (nSPS) is 14.9. The summed E-state index contributed by atoms with van der Waals surface area (Å²) in [6.07, 6.45) is 3.03. The number of nitrogens with zero attached hydrogens (tertiary/aromatic N) is 1. The Morgan fingerprint density at radius 1 is 1.15 bits per heavy atom. The van der Waals surface area contributed by atoms with E-state index in [1.165, 1.54) is 6.07 Å². The summed E-state index contributed by atoms with van der Waals surface area (Å²) in [5.74, 6) is -0.0949. The van der Waals surface area contributed by atoms with E-state index in [2.05, 4.69) is 11.4 Å². The van der Waals surface area contributed by atoms with Crippen LogP contribution in [0.4, 0.5) is 0 Å². The average Bonchev–Trinajstić information content (AvgIpc) is 3.35. The Bertz CT molecular complexity index is 832. The van der Waals surface area contributed by atoms with Gasteiger partial charge in [0, 0.05) is 0 Å². The monoisotopic (exact) mass is 368 g/mol. The number of ether oxygens (including phenoxy) is 2. The van der Waals surface area contributed by atoms with Gasteiger partial charge in [-0.25, -0.2) is 4.79 Å². The van der Waals surface area contributed by atoms with Crippen molar-refractivity contribution in [1.82, 2.24) is 5.32 Å². The van der Waals surface area contributed by atoms with Gasteiger partial charge in [-0.2, -0.15) is 5.26 Å².